The first-order valence-electron chi connectivity index (χ1n) is 10.8. The van der Waals surface area contributed by atoms with Gasteiger partial charge in [0.1, 0.15) is 18.2 Å². The number of ether oxygens (including phenoxy) is 2. The van der Waals surface area contributed by atoms with Crippen molar-refractivity contribution in [3.63, 3.8) is 0 Å². The van der Waals surface area contributed by atoms with Crippen LogP contribution in [0.25, 0.3) is 5.57 Å². The number of hydrogen-bond acceptors (Lipinski definition) is 7. The molecule has 0 radical (unpaired) electrons. The van der Waals surface area contributed by atoms with Gasteiger partial charge in [-0.2, -0.15) is 0 Å². The summed E-state index contributed by atoms with van der Waals surface area (Å²) >= 11 is 6.18. The SMILES string of the molecule is Cc1nc(C2=C(N)CN(C(=O)c3ccc(F)cc3OCCN3CCOCC3)C2)nc(C)c1Cl. The molecule has 0 spiro atoms. The third kappa shape index (κ3) is 5.26. The van der Waals surface area contributed by atoms with Crippen molar-refractivity contribution in [1.29, 1.82) is 0 Å². The van der Waals surface area contributed by atoms with Gasteiger partial charge < -0.3 is 20.1 Å². The van der Waals surface area contributed by atoms with Crippen LogP contribution in [0.2, 0.25) is 5.02 Å². The summed E-state index contributed by atoms with van der Waals surface area (Å²) in [5, 5.41) is 0.508. The van der Waals surface area contributed by atoms with Gasteiger partial charge in [-0.3, -0.25) is 9.69 Å². The molecule has 1 aromatic carbocycles. The highest BCUT2D eigenvalue weighted by Gasteiger charge is 2.29. The number of aryl methyl sites for hydroxylation is 2. The third-order valence-corrected chi connectivity index (χ3v) is 6.33. The minimum absolute atomic E-state index is 0.217. The van der Waals surface area contributed by atoms with E-state index < -0.39 is 5.82 Å². The lowest BCUT2D eigenvalue weighted by Gasteiger charge is -2.26. The van der Waals surface area contributed by atoms with Crippen molar-refractivity contribution >= 4 is 23.1 Å². The maximum Gasteiger partial charge on any atom is 0.258 e. The summed E-state index contributed by atoms with van der Waals surface area (Å²) in [6.45, 7) is 8.10. The number of carbonyl (C=O) groups excluding carboxylic acids is 1. The summed E-state index contributed by atoms with van der Waals surface area (Å²) in [6, 6.07) is 3.95. The van der Waals surface area contributed by atoms with Crippen LogP contribution in [-0.4, -0.2) is 78.2 Å². The zero-order valence-electron chi connectivity index (χ0n) is 18.7. The van der Waals surface area contributed by atoms with Crippen LogP contribution in [0.1, 0.15) is 27.6 Å². The highest BCUT2D eigenvalue weighted by atomic mass is 35.5. The van der Waals surface area contributed by atoms with Crippen LogP contribution >= 0.6 is 11.6 Å². The molecule has 2 aliphatic heterocycles. The second-order valence-electron chi connectivity index (χ2n) is 8.14. The van der Waals surface area contributed by atoms with Crippen LogP contribution in [0.15, 0.2) is 23.9 Å². The van der Waals surface area contributed by atoms with E-state index in [0.717, 1.165) is 13.1 Å². The second kappa shape index (κ2) is 10.0. The molecule has 2 N–H and O–H groups in total. The average molecular weight is 476 g/mol. The van der Waals surface area contributed by atoms with E-state index in [2.05, 4.69) is 14.9 Å². The second-order valence-corrected chi connectivity index (χ2v) is 8.52. The maximum atomic E-state index is 13.9. The fourth-order valence-corrected chi connectivity index (χ4v) is 4.00. The van der Waals surface area contributed by atoms with E-state index in [9.17, 15) is 9.18 Å². The monoisotopic (exact) mass is 475 g/mol. The van der Waals surface area contributed by atoms with Crippen molar-refractivity contribution in [2.75, 3.05) is 52.5 Å². The number of rotatable bonds is 6. The van der Waals surface area contributed by atoms with Crippen LogP contribution in [0.3, 0.4) is 0 Å². The van der Waals surface area contributed by atoms with Gasteiger partial charge in [0.05, 0.1) is 48.3 Å². The van der Waals surface area contributed by atoms with Gasteiger partial charge in [0.15, 0.2) is 5.82 Å². The minimum atomic E-state index is -0.465. The lowest BCUT2D eigenvalue weighted by atomic mass is 10.1. The number of halogens is 2. The van der Waals surface area contributed by atoms with Crippen LogP contribution in [-0.2, 0) is 4.74 Å². The Morgan fingerprint density at radius 3 is 2.61 bits per heavy atom. The van der Waals surface area contributed by atoms with Gasteiger partial charge in [0.25, 0.3) is 5.91 Å². The van der Waals surface area contributed by atoms with Gasteiger partial charge in [-0.1, -0.05) is 11.6 Å². The molecule has 176 valence electrons. The highest BCUT2D eigenvalue weighted by molar-refractivity contribution is 6.31. The Morgan fingerprint density at radius 2 is 1.91 bits per heavy atom. The molecule has 1 aromatic heterocycles. The molecule has 0 atom stereocenters. The molecule has 4 rings (SSSR count). The molecule has 0 saturated carbocycles. The number of aromatic nitrogens is 2. The number of hydrogen-bond donors (Lipinski definition) is 1. The molecule has 10 heteroatoms. The van der Waals surface area contributed by atoms with E-state index >= 15 is 0 Å². The first-order valence-corrected chi connectivity index (χ1v) is 11.2. The van der Waals surface area contributed by atoms with Crippen molar-refractivity contribution in [3.05, 3.63) is 57.5 Å². The average Bonchev–Trinajstić information content (AvgIpc) is 3.19. The quantitative estimate of drug-likeness (QED) is 0.685. The largest absolute Gasteiger partial charge is 0.491 e. The number of benzene rings is 1. The fourth-order valence-electron chi connectivity index (χ4n) is 3.92. The molecular weight excluding hydrogens is 449 g/mol. The summed E-state index contributed by atoms with van der Waals surface area (Å²) in [7, 11) is 0. The zero-order valence-corrected chi connectivity index (χ0v) is 19.5. The van der Waals surface area contributed by atoms with Crippen LogP contribution < -0.4 is 10.5 Å². The summed E-state index contributed by atoms with van der Waals surface area (Å²) < 4.78 is 25.1. The Balaban J connectivity index is 1.47. The normalized spacial score (nSPS) is 17.0. The predicted molar refractivity (Wildman–Crippen MR) is 123 cm³/mol. The van der Waals surface area contributed by atoms with Crippen LogP contribution in [0.4, 0.5) is 4.39 Å². The molecule has 0 bridgehead atoms. The smallest absolute Gasteiger partial charge is 0.258 e. The van der Waals surface area contributed by atoms with Gasteiger partial charge in [0.2, 0.25) is 0 Å². The van der Waals surface area contributed by atoms with E-state index in [4.69, 9.17) is 26.8 Å². The van der Waals surface area contributed by atoms with Gasteiger partial charge in [0, 0.05) is 37.0 Å². The number of carbonyl (C=O) groups is 1. The van der Waals surface area contributed by atoms with Gasteiger partial charge in [-0.25, -0.2) is 14.4 Å². The lowest BCUT2D eigenvalue weighted by Crippen LogP contribution is -2.38. The van der Waals surface area contributed by atoms with Crippen molar-refractivity contribution in [3.8, 4) is 5.75 Å². The van der Waals surface area contributed by atoms with E-state index in [-0.39, 0.29) is 30.3 Å². The zero-order chi connectivity index (χ0) is 23.5. The molecule has 2 aromatic rings. The van der Waals surface area contributed by atoms with Crippen molar-refractivity contribution < 1.29 is 18.7 Å². The summed E-state index contributed by atoms with van der Waals surface area (Å²) in [5.74, 6) is -0.0806. The topological polar surface area (TPSA) is 93.8 Å². The molecule has 3 heterocycles. The predicted octanol–water partition coefficient (Wildman–Crippen LogP) is 2.42. The molecule has 8 nitrogen and oxygen atoms in total. The molecule has 0 unspecified atom stereocenters. The molecular formula is C23H27ClFN5O3. The standard InChI is InChI=1S/C23H27ClFN5O3/c1-14-21(24)15(2)28-22(27-14)18-12-30(13-19(18)26)23(31)17-4-3-16(25)11-20(17)33-10-7-29-5-8-32-9-6-29/h3-4,11H,5-10,12-13,26H2,1-2H3. The van der Waals surface area contributed by atoms with Crippen molar-refractivity contribution in [1.82, 2.24) is 19.8 Å². The summed E-state index contributed by atoms with van der Waals surface area (Å²) in [5.41, 5.74) is 9.04. The number of nitrogens with zero attached hydrogens (tertiary/aromatic N) is 4. The Hall–Kier alpha value is -2.75. The fraction of sp³-hybridized carbons (Fsp3) is 0.435. The first kappa shape index (κ1) is 23.4. The van der Waals surface area contributed by atoms with Gasteiger partial charge in [-0.15, -0.1) is 0 Å². The van der Waals surface area contributed by atoms with E-state index in [1.165, 1.54) is 18.2 Å². The lowest BCUT2D eigenvalue weighted by molar-refractivity contribution is 0.0321. The summed E-state index contributed by atoms with van der Waals surface area (Å²) in [4.78, 5) is 26.0. The maximum absolute atomic E-state index is 13.9. The summed E-state index contributed by atoms with van der Waals surface area (Å²) in [6.07, 6.45) is 0. The van der Waals surface area contributed by atoms with Crippen LogP contribution in [0, 0.1) is 19.7 Å². The van der Waals surface area contributed by atoms with E-state index in [0.29, 0.717) is 59.9 Å². The molecule has 1 fully saturated rings. The number of nitrogens with two attached hydrogens (primary N) is 1. The van der Waals surface area contributed by atoms with E-state index in [1.54, 1.807) is 18.7 Å². The van der Waals surface area contributed by atoms with Gasteiger partial charge in [-0.05, 0) is 26.0 Å². The Bertz CT molecular complexity index is 1060. The molecule has 2 aliphatic rings. The van der Waals surface area contributed by atoms with E-state index in [1.807, 2.05) is 0 Å². The van der Waals surface area contributed by atoms with Crippen LogP contribution in [0.5, 0.6) is 5.75 Å². The third-order valence-electron chi connectivity index (χ3n) is 5.78. The number of morpholine rings is 1. The van der Waals surface area contributed by atoms with Crippen molar-refractivity contribution in [2.45, 2.75) is 13.8 Å². The highest BCUT2D eigenvalue weighted by Crippen LogP contribution is 2.28. The van der Waals surface area contributed by atoms with Gasteiger partial charge >= 0.3 is 0 Å². The molecule has 1 amide bonds. The Labute approximate surface area is 197 Å². The molecule has 1 saturated heterocycles. The van der Waals surface area contributed by atoms with Crippen molar-refractivity contribution in [2.24, 2.45) is 5.73 Å². The number of amides is 1. The molecule has 33 heavy (non-hydrogen) atoms. The first-order chi connectivity index (χ1) is 15.8. The minimum Gasteiger partial charge on any atom is -0.491 e. The molecule has 0 aliphatic carbocycles. The Morgan fingerprint density at radius 1 is 1.21 bits per heavy atom. The Kier molecular flexibility index (Phi) is 7.11.